The second-order valence-electron chi connectivity index (χ2n) is 5.43. The molecule has 0 spiro atoms. The molecule has 1 aromatic carbocycles. The van der Waals surface area contributed by atoms with E-state index in [0.717, 1.165) is 6.42 Å². The van der Waals surface area contributed by atoms with Gasteiger partial charge in [0.15, 0.2) is 6.10 Å². The molecule has 0 unspecified atom stereocenters. The predicted molar refractivity (Wildman–Crippen MR) is 76.6 cm³/mol. The first-order chi connectivity index (χ1) is 9.26. The molecule has 0 aliphatic carbocycles. The molecule has 0 aliphatic heterocycles. The Labute approximate surface area is 120 Å². The van der Waals surface area contributed by atoms with E-state index >= 15 is 0 Å². The van der Waals surface area contributed by atoms with E-state index < -0.39 is 18.0 Å². The van der Waals surface area contributed by atoms with Gasteiger partial charge >= 0.3 is 11.9 Å². The lowest BCUT2D eigenvalue weighted by atomic mass is 9.82. The van der Waals surface area contributed by atoms with Crippen LogP contribution in [0.5, 0.6) is 5.75 Å². The van der Waals surface area contributed by atoms with Crippen LogP contribution >= 0.6 is 0 Å². The van der Waals surface area contributed by atoms with Gasteiger partial charge in [0.25, 0.3) is 0 Å². The number of hydrogen-bond acceptors (Lipinski definition) is 4. The van der Waals surface area contributed by atoms with Crippen LogP contribution in [0, 0.1) is 0 Å². The molecule has 0 bridgehead atoms. The number of esters is 2. The van der Waals surface area contributed by atoms with Crippen molar-refractivity contribution in [2.75, 3.05) is 0 Å². The van der Waals surface area contributed by atoms with Crippen LogP contribution in [0.15, 0.2) is 24.3 Å². The van der Waals surface area contributed by atoms with E-state index in [4.69, 9.17) is 9.47 Å². The van der Waals surface area contributed by atoms with Crippen molar-refractivity contribution in [2.24, 2.45) is 0 Å². The Bertz CT molecular complexity index is 474. The Kier molecular flexibility index (Phi) is 5.31. The third-order valence-electron chi connectivity index (χ3n) is 3.41. The van der Waals surface area contributed by atoms with Gasteiger partial charge in [-0.2, -0.15) is 0 Å². The van der Waals surface area contributed by atoms with Crippen molar-refractivity contribution < 1.29 is 19.1 Å². The highest BCUT2D eigenvalue weighted by atomic mass is 16.6. The molecular weight excluding hydrogens is 256 g/mol. The fraction of sp³-hybridized carbons (Fsp3) is 0.500. The summed E-state index contributed by atoms with van der Waals surface area (Å²) in [6, 6.07) is 7.40. The zero-order chi connectivity index (χ0) is 15.3. The van der Waals surface area contributed by atoms with Gasteiger partial charge in [-0.3, -0.25) is 4.79 Å². The zero-order valence-corrected chi connectivity index (χ0v) is 12.7. The van der Waals surface area contributed by atoms with E-state index in [1.165, 1.54) is 19.4 Å². The largest absolute Gasteiger partial charge is 0.451 e. The quantitative estimate of drug-likeness (QED) is 0.613. The fourth-order valence-corrected chi connectivity index (χ4v) is 1.67. The number of carbonyl (C=O) groups is 2. The van der Waals surface area contributed by atoms with Crippen LogP contribution in [0.1, 0.15) is 46.6 Å². The number of carbonyl (C=O) groups excluding carboxylic acids is 2. The van der Waals surface area contributed by atoms with E-state index in [-0.39, 0.29) is 5.41 Å². The first kappa shape index (κ1) is 16.2. The third-order valence-corrected chi connectivity index (χ3v) is 3.41. The predicted octanol–water partition coefficient (Wildman–Crippen LogP) is 3.23. The molecule has 0 N–H and O–H groups in total. The van der Waals surface area contributed by atoms with Crippen molar-refractivity contribution in [2.45, 2.75) is 52.6 Å². The average Bonchev–Trinajstić information content (AvgIpc) is 2.38. The number of rotatable bonds is 5. The van der Waals surface area contributed by atoms with Gasteiger partial charge in [-0.25, -0.2) is 4.79 Å². The molecule has 1 aromatic rings. The first-order valence-electron chi connectivity index (χ1n) is 6.75. The summed E-state index contributed by atoms with van der Waals surface area (Å²) in [6.07, 6.45) is 0.120. The standard InChI is InChI=1S/C16H22O4/c1-6-16(4,5)13-7-9-14(10-8-13)20-15(18)11(2)19-12(3)17/h7-11H,6H2,1-5H3/t11-/m0/s1. The van der Waals surface area contributed by atoms with Gasteiger partial charge < -0.3 is 9.47 Å². The van der Waals surface area contributed by atoms with Gasteiger partial charge in [-0.1, -0.05) is 32.9 Å². The SMILES string of the molecule is CCC(C)(C)c1ccc(OC(=O)[C@H](C)OC(C)=O)cc1. The summed E-state index contributed by atoms with van der Waals surface area (Å²) < 4.78 is 9.93. The minimum atomic E-state index is -0.903. The van der Waals surface area contributed by atoms with Crippen LogP contribution in [-0.4, -0.2) is 18.0 Å². The summed E-state index contributed by atoms with van der Waals surface area (Å²) in [7, 11) is 0. The molecular formula is C16H22O4. The van der Waals surface area contributed by atoms with Gasteiger partial charge in [-0.15, -0.1) is 0 Å². The summed E-state index contributed by atoms with van der Waals surface area (Å²) >= 11 is 0. The van der Waals surface area contributed by atoms with Gasteiger partial charge in [0, 0.05) is 6.92 Å². The molecule has 4 nitrogen and oxygen atoms in total. The molecule has 0 aromatic heterocycles. The van der Waals surface area contributed by atoms with Crippen LogP contribution in [0.2, 0.25) is 0 Å². The normalized spacial score (nSPS) is 12.7. The molecule has 0 aliphatic rings. The molecule has 1 rings (SSSR count). The van der Waals surface area contributed by atoms with Crippen molar-refractivity contribution in [3.63, 3.8) is 0 Å². The molecule has 0 saturated heterocycles. The Hall–Kier alpha value is -1.84. The average molecular weight is 278 g/mol. The Morgan fingerprint density at radius 1 is 1.20 bits per heavy atom. The molecule has 110 valence electrons. The minimum Gasteiger partial charge on any atom is -0.451 e. The lowest BCUT2D eigenvalue weighted by Crippen LogP contribution is -2.27. The van der Waals surface area contributed by atoms with E-state index in [1.807, 2.05) is 12.1 Å². The molecule has 1 atom stereocenters. The lowest BCUT2D eigenvalue weighted by Gasteiger charge is -2.23. The fourth-order valence-electron chi connectivity index (χ4n) is 1.67. The Morgan fingerprint density at radius 2 is 1.75 bits per heavy atom. The molecule has 0 radical (unpaired) electrons. The Morgan fingerprint density at radius 3 is 2.20 bits per heavy atom. The van der Waals surface area contributed by atoms with Crippen molar-refractivity contribution in [3.05, 3.63) is 29.8 Å². The minimum absolute atomic E-state index is 0.0908. The molecule has 0 saturated carbocycles. The molecule has 4 heteroatoms. The summed E-state index contributed by atoms with van der Waals surface area (Å²) in [5.74, 6) is -0.637. The summed E-state index contributed by atoms with van der Waals surface area (Å²) in [4.78, 5) is 22.5. The van der Waals surface area contributed by atoms with E-state index in [0.29, 0.717) is 5.75 Å². The molecule has 0 fully saturated rings. The molecule has 0 heterocycles. The summed E-state index contributed by atoms with van der Waals surface area (Å²) in [6.45, 7) is 9.20. The zero-order valence-electron chi connectivity index (χ0n) is 12.7. The lowest BCUT2D eigenvalue weighted by molar-refractivity contribution is -0.159. The molecule has 0 amide bonds. The van der Waals surface area contributed by atoms with Gasteiger partial charge in [0.2, 0.25) is 0 Å². The third kappa shape index (κ3) is 4.37. The van der Waals surface area contributed by atoms with Crippen molar-refractivity contribution in [3.8, 4) is 5.75 Å². The number of ether oxygens (including phenoxy) is 2. The van der Waals surface area contributed by atoms with Crippen LogP contribution in [-0.2, 0) is 19.7 Å². The monoisotopic (exact) mass is 278 g/mol. The highest BCUT2D eigenvalue weighted by Crippen LogP contribution is 2.28. The van der Waals surface area contributed by atoms with Crippen molar-refractivity contribution >= 4 is 11.9 Å². The van der Waals surface area contributed by atoms with Crippen LogP contribution < -0.4 is 4.74 Å². The molecule has 20 heavy (non-hydrogen) atoms. The van der Waals surface area contributed by atoms with Gasteiger partial charge in [0.05, 0.1) is 0 Å². The number of benzene rings is 1. The maximum absolute atomic E-state index is 11.7. The number of hydrogen-bond donors (Lipinski definition) is 0. The van der Waals surface area contributed by atoms with E-state index in [2.05, 4.69) is 20.8 Å². The maximum Gasteiger partial charge on any atom is 0.352 e. The van der Waals surface area contributed by atoms with Crippen molar-refractivity contribution in [1.29, 1.82) is 0 Å². The van der Waals surface area contributed by atoms with Crippen LogP contribution in [0.25, 0.3) is 0 Å². The maximum atomic E-state index is 11.7. The van der Waals surface area contributed by atoms with E-state index in [9.17, 15) is 9.59 Å². The highest BCUT2D eigenvalue weighted by Gasteiger charge is 2.20. The summed E-state index contributed by atoms with van der Waals surface area (Å²) in [5, 5.41) is 0. The van der Waals surface area contributed by atoms with Gasteiger partial charge in [-0.05, 0) is 36.5 Å². The summed E-state index contributed by atoms with van der Waals surface area (Å²) in [5.41, 5.74) is 1.28. The highest BCUT2D eigenvalue weighted by molar-refractivity contribution is 5.79. The Balaban J connectivity index is 2.71. The second-order valence-corrected chi connectivity index (χ2v) is 5.43. The van der Waals surface area contributed by atoms with Crippen LogP contribution in [0.3, 0.4) is 0 Å². The second kappa shape index (κ2) is 6.55. The van der Waals surface area contributed by atoms with E-state index in [1.54, 1.807) is 12.1 Å². The van der Waals surface area contributed by atoms with Crippen LogP contribution in [0.4, 0.5) is 0 Å². The van der Waals surface area contributed by atoms with Crippen molar-refractivity contribution in [1.82, 2.24) is 0 Å². The smallest absolute Gasteiger partial charge is 0.352 e. The van der Waals surface area contributed by atoms with Gasteiger partial charge in [0.1, 0.15) is 5.75 Å². The first-order valence-corrected chi connectivity index (χ1v) is 6.75. The topological polar surface area (TPSA) is 52.6 Å².